The van der Waals surface area contributed by atoms with Gasteiger partial charge in [0, 0.05) is 9.41 Å². The molecule has 1 nitrogen and oxygen atoms in total. The normalized spacial score (nSPS) is 18.6. The minimum absolute atomic E-state index is 0.492. The van der Waals surface area contributed by atoms with Gasteiger partial charge in [-0.15, -0.1) is 23.1 Å². The molecule has 0 N–H and O–H groups in total. The Labute approximate surface area is 164 Å². The van der Waals surface area contributed by atoms with Crippen molar-refractivity contribution in [1.82, 2.24) is 0 Å². The summed E-state index contributed by atoms with van der Waals surface area (Å²) in [5, 5.41) is 5.02. The second kappa shape index (κ2) is 6.59. The molecule has 1 atom stereocenters. The van der Waals surface area contributed by atoms with E-state index in [4.69, 9.17) is 4.74 Å². The van der Waals surface area contributed by atoms with E-state index in [1.165, 1.54) is 30.3 Å². The summed E-state index contributed by atoms with van der Waals surface area (Å²) in [5.41, 5.74) is 1.52. The van der Waals surface area contributed by atoms with E-state index in [0.29, 0.717) is 11.9 Å². The van der Waals surface area contributed by atoms with Crippen LogP contribution >= 0.6 is 23.1 Å². The highest BCUT2D eigenvalue weighted by atomic mass is 32.2. The summed E-state index contributed by atoms with van der Waals surface area (Å²) in [7, 11) is -1.90. The van der Waals surface area contributed by atoms with Crippen molar-refractivity contribution in [3.63, 3.8) is 0 Å². The minimum Gasteiger partial charge on any atom is -0.490 e. The molecule has 1 aromatic heterocycles. The van der Waals surface area contributed by atoms with Gasteiger partial charge in [-0.3, -0.25) is 0 Å². The van der Waals surface area contributed by atoms with E-state index in [1.54, 1.807) is 5.20 Å². The molecule has 4 rings (SSSR count). The second-order valence-corrected chi connectivity index (χ2v) is 14.4. The molecule has 2 heterocycles. The largest absolute Gasteiger partial charge is 0.490 e. The SMILES string of the molecule is C=CCOc1ccccc1[Si](C)(C)C1=c2sc(C)cc2=C2C=C(C)SC21. The predicted octanol–water partition coefficient (Wildman–Crippen LogP) is 4.11. The molecule has 134 valence electrons. The lowest BCUT2D eigenvalue weighted by molar-refractivity contribution is 0.366. The number of allylic oxidation sites excluding steroid dienone is 2. The van der Waals surface area contributed by atoms with Crippen LogP contribution in [0.3, 0.4) is 0 Å². The van der Waals surface area contributed by atoms with Crippen molar-refractivity contribution in [2.45, 2.75) is 32.2 Å². The summed E-state index contributed by atoms with van der Waals surface area (Å²) in [6.45, 7) is 13.8. The first-order chi connectivity index (χ1) is 12.4. The number of rotatable bonds is 5. The van der Waals surface area contributed by atoms with Gasteiger partial charge in [0.1, 0.15) is 20.4 Å². The highest BCUT2D eigenvalue weighted by Gasteiger charge is 2.42. The molecule has 0 bridgehead atoms. The zero-order valence-electron chi connectivity index (χ0n) is 15.8. The van der Waals surface area contributed by atoms with E-state index in [9.17, 15) is 0 Å². The van der Waals surface area contributed by atoms with E-state index in [2.05, 4.69) is 69.9 Å². The maximum atomic E-state index is 6.04. The summed E-state index contributed by atoms with van der Waals surface area (Å²) in [6.07, 6.45) is 4.22. The lowest BCUT2D eigenvalue weighted by atomic mass is 10.2. The first-order valence-electron chi connectivity index (χ1n) is 8.97. The quantitative estimate of drug-likeness (QED) is 0.556. The van der Waals surface area contributed by atoms with Crippen molar-refractivity contribution in [3.8, 4) is 5.75 Å². The first kappa shape index (κ1) is 17.9. The van der Waals surface area contributed by atoms with E-state index in [1.807, 2.05) is 29.2 Å². The Kier molecular flexibility index (Phi) is 4.54. The van der Waals surface area contributed by atoms with E-state index in [-0.39, 0.29) is 0 Å². The highest BCUT2D eigenvalue weighted by molar-refractivity contribution is 8.05. The zero-order valence-corrected chi connectivity index (χ0v) is 18.4. The summed E-state index contributed by atoms with van der Waals surface area (Å²) in [6, 6.07) is 11.0. The van der Waals surface area contributed by atoms with E-state index >= 15 is 0 Å². The molecule has 1 aliphatic heterocycles. The van der Waals surface area contributed by atoms with Crippen molar-refractivity contribution in [1.29, 1.82) is 0 Å². The van der Waals surface area contributed by atoms with Crippen molar-refractivity contribution >= 4 is 47.1 Å². The summed E-state index contributed by atoms with van der Waals surface area (Å²) in [5.74, 6) is 1.02. The summed E-state index contributed by atoms with van der Waals surface area (Å²) in [4.78, 5) is 2.83. The van der Waals surface area contributed by atoms with Crippen molar-refractivity contribution in [3.05, 3.63) is 68.6 Å². The van der Waals surface area contributed by atoms with Crippen molar-refractivity contribution in [2.24, 2.45) is 0 Å². The van der Waals surface area contributed by atoms with Crippen LogP contribution < -0.4 is 19.7 Å². The number of para-hydroxylation sites is 1. The second-order valence-electron chi connectivity index (χ2n) is 7.44. The predicted molar refractivity (Wildman–Crippen MR) is 120 cm³/mol. The monoisotopic (exact) mass is 396 g/mol. The number of thioether (sulfide) groups is 1. The molecule has 0 radical (unpaired) electrons. The Balaban J connectivity index is 1.92. The standard InChI is InChI=1S/C22H24OS2Si/c1-6-11-23-18-9-7-8-10-19(18)26(4,5)22-20-16(12-14(2)24-20)17-13-15(3)25-21(17)22/h6-10,12-13,20H,1,11H2,2-5H3. The number of ether oxygens (including phenoxy) is 1. The van der Waals surface area contributed by atoms with Gasteiger partial charge in [-0.2, -0.15) is 0 Å². The van der Waals surface area contributed by atoms with Crippen LogP contribution in [-0.2, 0) is 0 Å². The molecule has 1 aromatic carbocycles. The Morgan fingerprint density at radius 2 is 2.00 bits per heavy atom. The molecule has 1 aliphatic carbocycles. The Hall–Kier alpha value is -1.49. The van der Waals surface area contributed by atoms with Gasteiger partial charge in [0.05, 0.1) is 5.25 Å². The van der Waals surface area contributed by atoms with Crippen LogP contribution in [0.2, 0.25) is 13.1 Å². The van der Waals surface area contributed by atoms with Crippen LogP contribution in [0, 0.1) is 6.92 Å². The number of thiophene rings is 1. The lowest BCUT2D eigenvalue weighted by Gasteiger charge is -2.30. The Morgan fingerprint density at radius 1 is 1.23 bits per heavy atom. The fourth-order valence-electron chi connectivity index (χ4n) is 4.07. The molecule has 2 aromatic rings. The Bertz CT molecular complexity index is 1040. The number of fused-ring (bicyclic) bond motifs is 2. The van der Waals surface area contributed by atoms with Crippen LogP contribution in [-0.4, -0.2) is 19.9 Å². The van der Waals surface area contributed by atoms with Gasteiger partial charge in [-0.1, -0.05) is 43.9 Å². The maximum absolute atomic E-state index is 6.04. The van der Waals surface area contributed by atoms with Gasteiger partial charge >= 0.3 is 0 Å². The smallest absolute Gasteiger partial charge is 0.119 e. The van der Waals surface area contributed by atoms with Gasteiger partial charge in [-0.25, -0.2) is 0 Å². The van der Waals surface area contributed by atoms with Crippen LogP contribution in [0.5, 0.6) is 5.75 Å². The zero-order chi connectivity index (χ0) is 18.5. The topological polar surface area (TPSA) is 9.23 Å². The maximum Gasteiger partial charge on any atom is 0.119 e. The van der Waals surface area contributed by atoms with Crippen LogP contribution in [0.1, 0.15) is 11.8 Å². The average molecular weight is 397 g/mol. The Morgan fingerprint density at radius 3 is 2.77 bits per heavy atom. The fraction of sp³-hybridized carbons (Fsp3) is 0.273. The minimum atomic E-state index is -1.90. The van der Waals surface area contributed by atoms with Gasteiger partial charge in [0.25, 0.3) is 0 Å². The molecule has 4 heteroatoms. The number of benzene rings is 1. The third kappa shape index (κ3) is 2.75. The third-order valence-electron chi connectivity index (χ3n) is 5.21. The van der Waals surface area contributed by atoms with Crippen molar-refractivity contribution in [2.75, 3.05) is 6.61 Å². The van der Waals surface area contributed by atoms with Gasteiger partial charge in [-0.05, 0) is 58.1 Å². The van der Waals surface area contributed by atoms with Crippen LogP contribution in [0.4, 0.5) is 0 Å². The van der Waals surface area contributed by atoms with Gasteiger partial charge < -0.3 is 4.74 Å². The molecule has 0 amide bonds. The molecule has 2 aliphatic rings. The number of aryl methyl sites for hydroxylation is 1. The molecule has 0 saturated heterocycles. The molecular formula is C22H24OS2Si. The molecule has 0 spiro atoms. The summed E-state index contributed by atoms with van der Waals surface area (Å²) >= 11 is 3.99. The molecule has 0 saturated carbocycles. The highest BCUT2D eigenvalue weighted by Crippen LogP contribution is 2.45. The van der Waals surface area contributed by atoms with E-state index < -0.39 is 8.07 Å². The average Bonchev–Trinajstić information content (AvgIpc) is 3.22. The fourth-order valence-corrected chi connectivity index (χ4v) is 11.4. The number of hydrogen-bond acceptors (Lipinski definition) is 3. The number of hydrogen-bond donors (Lipinski definition) is 0. The van der Waals surface area contributed by atoms with Gasteiger partial charge in [0.15, 0.2) is 0 Å². The van der Waals surface area contributed by atoms with Crippen LogP contribution in [0.25, 0.3) is 10.8 Å². The third-order valence-corrected chi connectivity index (χ3v) is 11.5. The van der Waals surface area contributed by atoms with Crippen molar-refractivity contribution < 1.29 is 4.74 Å². The van der Waals surface area contributed by atoms with E-state index in [0.717, 1.165) is 5.75 Å². The first-order valence-corrected chi connectivity index (χ1v) is 13.7. The molecular weight excluding hydrogens is 372 g/mol. The molecule has 26 heavy (non-hydrogen) atoms. The molecule has 0 fully saturated rings. The lowest BCUT2D eigenvalue weighted by Crippen LogP contribution is -2.48. The summed E-state index contributed by atoms with van der Waals surface area (Å²) < 4.78 is 7.56. The molecule has 1 unspecified atom stereocenters. The van der Waals surface area contributed by atoms with Gasteiger partial charge in [0.2, 0.25) is 0 Å². The van der Waals surface area contributed by atoms with Crippen LogP contribution in [0.15, 0.2) is 54.0 Å².